The van der Waals surface area contributed by atoms with Crippen LogP contribution in [0.25, 0.3) is 11.0 Å². The molecule has 0 unspecified atom stereocenters. The first-order chi connectivity index (χ1) is 14.6. The van der Waals surface area contributed by atoms with Crippen LogP contribution in [0.1, 0.15) is 34.9 Å². The topological polar surface area (TPSA) is 38.1 Å². The maximum absolute atomic E-state index is 12.9. The van der Waals surface area contributed by atoms with Crippen LogP contribution in [0.3, 0.4) is 0 Å². The van der Waals surface area contributed by atoms with Crippen molar-refractivity contribution in [3.8, 4) is 0 Å². The zero-order valence-corrected chi connectivity index (χ0v) is 17.4. The fourth-order valence-electron chi connectivity index (χ4n) is 4.51. The van der Waals surface area contributed by atoms with Gasteiger partial charge in [0.1, 0.15) is 5.82 Å². The molecule has 0 saturated carbocycles. The lowest BCUT2D eigenvalue weighted by atomic mass is 10.1. The quantitative estimate of drug-likeness (QED) is 0.475. The minimum absolute atomic E-state index is 0.0773. The van der Waals surface area contributed by atoms with Crippen molar-refractivity contribution in [3.63, 3.8) is 0 Å². The molecule has 5 rings (SSSR count). The van der Waals surface area contributed by atoms with E-state index in [9.17, 15) is 4.79 Å². The highest BCUT2D eigenvalue weighted by atomic mass is 16.2. The average Bonchev–Trinajstić information content (AvgIpc) is 3.31. The summed E-state index contributed by atoms with van der Waals surface area (Å²) in [6, 6.07) is 24.8. The highest BCUT2D eigenvalue weighted by Crippen LogP contribution is 2.34. The Labute approximate surface area is 176 Å². The summed E-state index contributed by atoms with van der Waals surface area (Å²) < 4.78 is 2.30. The Balaban J connectivity index is 1.55. The van der Waals surface area contributed by atoms with Crippen molar-refractivity contribution in [2.75, 3.05) is 11.4 Å². The second kappa shape index (κ2) is 7.45. The summed E-state index contributed by atoms with van der Waals surface area (Å²) in [5.74, 6) is 1.25. The lowest BCUT2D eigenvalue weighted by Gasteiger charge is -2.19. The Morgan fingerprint density at radius 2 is 1.60 bits per heavy atom. The second-order valence-corrected chi connectivity index (χ2v) is 8.16. The van der Waals surface area contributed by atoms with Gasteiger partial charge in [0.25, 0.3) is 0 Å². The van der Waals surface area contributed by atoms with E-state index >= 15 is 0 Å². The van der Waals surface area contributed by atoms with Crippen LogP contribution < -0.4 is 4.90 Å². The summed E-state index contributed by atoms with van der Waals surface area (Å²) in [5.41, 5.74) is 6.79. The molecule has 1 atom stereocenters. The van der Waals surface area contributed by atoms with E-state index in [4.69, 9.17) is 4.98 Å². The number of hydrogen-bond acceptors (Lipinski definition) is 2. The van der Waals surface area contributed by atoms with E-state index in [0.717, 1.165) is 34.7 Å². The molecule has 0 bridgehead atoms. The third-order valence-electron chi connectivity index (χ3n) is 6.17. The molecular weight excluding hydrogens is 370 g/mol. The first-order valence-electron chi connectivity index (χ1n) is 10.5. The van der Waals surface area contributed by atoms with Gasteiger partial charge in [-0.2, -0.15) is 0 Å². The normalized spacial score (nSPS) is 16.5. The SMILES string of the molecule is Cc1ccccc1Cn1c([C@H]2CC(=O)N(c3ccccc3C)C2)nc2ccccc21. The molecule has 0 radical (unpaired) electrons. The zero-order chi connectivity index (χ0) is 20.7. The third kappa shape index (κ3) is 3.18. The molecule has 0 N–H and O–H groups in total. The lowest BCUT2D eigenvalue weighted by molar-refractivity contribution is -0.117. The number of aromatic nitrogens is 2. The number of carbonyl (C=O) groups is 1. The molecule has 30 heavy (non-hydrogen) atoms. The molecule has 0 aliphatic carbocycles. The number of benzene rings is 3. The third-order valence-corrected chi connectivity index (χ3v) is 6.17. The molecule has 1 amide bonds. The second-order valence-electron chi connectivity index (χ2n) is 8.16. The van der Waals surface area contributed by atoms with Crippen molar-refractivity contribution >= 4 is 22.6 Å². The molecule has 3 aromatic carbocycles. The van der Waals surface area contributed by atoms with Gasteiger partial charge in [-0.3, -0.25) is 4.79 Å². The number of amides is 1. The molecule has 4 nitrogen and oxygen atoms in total. The summed E-state index contributed by atoms with van der Waals surface area (Å²) in [7, 11) is 0. The summed E-state index contributed by atoms with van der Waals surface area (Å²) in [5, 5.41) is 0. The summed E-state index contributed by atoms with van der Waals surface area (Å²) in [4.78, 5) is 19.9. The molecule has 4 heteroatoms. The van der Waals surface area contributed by atoms with Gasteiger partial charge < -0.3 is 9.47 Å². The highest BCUT2D eigenvalue weighted by molar-refractivity contribution is 5.97. The molecule has 1 saturated heterocycles. The number of nitrogens with zero attached hydrogens (tertiary/aromatic N) is 3. The summed E-state index contributed by atoms with van der Waals surface area (Å²) in [6.07, 6.45) is 0.491. The van der Waals surface area contributed by atoms with Crippen LogP contribution >= 0.6 is 0 Å². The molecule has 1 aliphatic rings. The van der Waals surface area contributed by atoms with Gasteiger partial charge in [-0.05, 0) is 48.7 Å². The van der Waals surface area contributed by atoms with Crippen LogP contribution in [0.15, 0.2) is 72.8 Å². The van der Waals surface area contributed by atoms with Gasteiger partial charge in [0.2, 0.25) is 5.91 Å². The number of anilines is 1. The van der Waals surface area contributed by atoms with E-state index in [1.54, 1.807) is 0 Å². The molecular formula is C26H25N3O. The monoisotopic (exact) mass is 395 g/mol. The minimum Gasteiger partial charge on any atom is -0.323 e. The minimum atomic E-state index is 0.0773. The van der Waals surface area contributed by atoms with Crippen molar-refractivity contribution in [1.82, 2.24) is 9.55 Å². The number of aryl methyl sites for hydroxylation is 2. The molecule has 0 spiro atoms. The van der Waals surface area contributed by atoms with Gasteiger partial charge in [0.15, 0.2) is 0 Å². The predicted octanol–water partition coefficient (Wildman–Crippen LogP) is 5.22. The Morgan fingerprint density at radius 3 is 2.40 bits per heavy atom. The Bertz CT molecular complexity index is 1240. The molecule has 2 heterocycles. The highest BCUT2D eigenvalue weighted by Gasteiger charge is 2.35. The van der Waals surface area contributed by atoms with E-state index in [1.807, 2.05) is 29.2 Å². The molecule has 4 aromatic rings. The molecule has 1 fully saturated rings. The number of hydrogen-bond donors (Lipinski definition) is 0. The van der Waals surface area contributed by atoms with Crippen molar-refractivity contribution in [3.05, 3.63) is 95.3 Å². The van der Waals surface area contributed by atoms with Crippen LogP contribution in [-0.4, -0.2) is 22.0 Å². The number of fused-ring (bicyclic) bond motifs is 1. The maximum atomic E-state index is 12.9. The first-order valence-corrected chi connectivity index (χ1v) is 10.5. The lowest BCUT2D eigenvalue weighted by Crippen LogP contribution is -2.25. The van der Waals surface area contributed by atoms with Crippen molar-refractivity contribution in [2.24, 2.45) is 0 Å². The smallest absolute Gasteiger partial charge is 0.227 e. The molecule has 150 valence electrons. The fourth-order valence-corrected chi connectivity index (χ4v) is 4.51. The predicted molar refractivity (Wildman–Crippen MR) is 121 cm³/mol. The molecule has 1 aliphatic heterocycles. The Kier molecular flexibility index (Phi) is 4.62. The fraction of sp³-hybridized carbons (Fsp3) is 0.231. The number of para-hydroxylation sites is 3. The van der Waals surface area contributed by atoms with Gasteiger partial charge in [0, 0.05) is 31.1 Å². The van der Waals surface area contributed by atoms with E-state index in [1.165, 1.54) is 11.1 Å². The number of rotatable bonds is 4. The maximum Gasteiger partial charge on any atom is 0.227 e. The molecule has 1 aromatic heterocycles. The van der Waals surface area contributed by atoms with Gasteiger partial charge >= 0.3 is 0 Å². The largest absolute Gasteiger partial charge is 0.323 e. The van der Waals surface area contributed by atoms with Crippen LogP contribution in [0.2, 0.25) is 0 Å². The van der Waals surface area contributed by atoms with E-state index in [2.05, 4.69) is 66.9 Å². The zero-order valence-electron chi connectivity index (χ0n) is 17.4. The number of carbonyl (C=O) groups excluding carboxylic acids is 1. The van der Waals surface area contributed by atoms with Crippen LogP contribution in [0.5, 0.6) is 0 Å². The van der Waals surface area contributed by atoms with Crippen LogP contribution in [-0.2, 0) is 11.3 Å². The van der Waals surface area contributed by atoms with E-state index < -0.39 is 0 Å². The van der Waals surface area contributed by atoms with Gasteiger partial charge in [-0.1, -0.05) is 54.6 Å². The van der Waals surface area contributed by atoms with E-state index in [-0.39, 0.29) is 11.8 Å². The standard InChI is InChI=1S/C26H25N3O/c1-18-9-3-5-11-20(18)16-29-24-14-8-6-12-22(24)27-26(29)21-15-25(30)28(17-21)23-13-7-4-10-19(23)2/h3-14,21H,15-17H2,1-2H3/t21-/m0/s1. The van der Waals surface area contributed by atoms with Gasteiger partial charge in [0.05, 0.1) is 11.0 Å². The van der Waals surface area contributed by atoms with Crippen molar-refractivity contribution < 1.29 is 4.79 Å². The summed E-state index contributed by atoms with van der Waals surface area (Å²) >= 11 is 0. The van der Waals surface area contributed by atoms with E-state index in [0.29, 0.717) is 13.0 Å². The van der Waals surface area contributed by atoms with Gasteiger partial charge in [-0.25, -0.2) is 4.98 Å². The Hall–Kier alpha value is -3.40. The average molecular weight is 396 g/mol. The summed E-state index contributed by atoms with van der Waals surface area (Å²) in [6.45, 7) is 5.63. The first kappa shape index (κ1) is 18.6. The van der Waals surface area contributed by atoms with Crippen molar-refractivity contribution in [1.29, 1.82) is 0 Å². The van der Waals surface area contributed by atoms with Crippen molar-refractivity contribution in [2.45, 2.75) is 32.7 Å². The van der Waals surface area contributed by atoms with Crippen LogP contribution in [0.4, 0.5) is 5.69 Å². The number of imidazole rings is 1. The van der Waals surface area contributed by atoms with Gasteiger partial charge in [-0.15, -0.1) is 0 Å². The van der Waals surface area contributed by atoms with Crippen LogP contribution in [0, 0.1) is 13.8 Å². The Morgan fingerprint density at radius 1 is 0.900 bits per heavy atom.